The van der Waals surface area contributed by atoms with Gasteiger partial charge in [-0.25, -0.2) is 0 Å². The van der Waals surface area contributed by atoms with E-state index in [2.05, 4.69) is 37.9 Å². The van der Waals surface area contributed by atoms with Gasteiger partial charge >= 0.3 is 0 Å². The minimum Gasteiger partial charge on any atom is -0.312 e. The van der Waals surface area contributed by atoms with Crippen LogP contribution in [0.25, 0.3) is 0 Å². The summed E-state index contributed by atoms with van der Waals surface area (Å²) in [6.45, 7) is 13.1. The van der Waals surface area contributed by atoms with Gasteiger partial charge in [-0.2, -0.15) is 0 Å². The van der Waals surface area contributed by atoms with Crippen LogP contribution in [0.4, 0.5) is 0 Å². The lowest BCUT2D eigenvalue weighted by atomic mass is 10.0. The van der Waals surface area contributed by atoms with Crippen LogP contribution in [0.2, 0.25) is 0 Å². The van der Waals surface area contributed by atoms with E-state index in [4.69, 9.17) is 0 Å². The third kappa shape index (κ3) is 4.06. The Hall–Kier alpha value is -0.0800. The summed E-state index contributed by atoms with van der Waals surface area (Å²) in [5.74, 6) is 0.751. The Morgan fingerprint density at radius 2 is 1.69 bits per heavy atom. The molecule has 0 saturated carbocycles. The van der Waals surface area contributed by atoms with Gasteiger partial charge < -0.3 is 5.32 Å². The molecule has 16 heavy (non-hydrogen) atoms. The summed E-state index contributed by atoms with van der Waals surface area (Å²) < 4.78 is 0. The van der Waals surface area contributed by atoms with Crippen LogP contribution >= 0.6 is 0 Å². The summed E-state index contributed by atoms with van der Waals surface area (Å²) in [5.41, 5.74) is 0. The molecule has 2 atom stereocenters. The van der Waals surface area contributed by atoms with E-state index in [1.807, 2.05) is 0 Å². The van der Waals surface area contributed by atoms with Crippen molar-refractivity contribution in [2.75, 3.05) is 19.6 Å². The van der Waals surface area contributed by atoms with Crippen molar-refractivity contribution in [1.29, 1.82) is 0 Å². The lowest BCUT2D eigenvalue weighted by Crippen LogP contribution is -2.45. The van der Waals surface area contributed by atoms with Crippen LogP contribution in [0.3, 0.4) is 0 Å². The second-order valence-corrected chi connectivity index (χ2v) is 5.47. The first-order valence-corrected chi connectivity index (χ1v) is 7.16. The summed E-state index contributed by atoms with van der Waals surface area (Å²) >= 11 is 0. The number of hydrogen-bond acceptors (Lipinski definition) is 2. The molecule has 0 aromatic carbocycles. The fourth-order valence-corrected chi connectivity index (χ4v) is 2.78. The third-order valence-corrected chi connectivity index (χ3v) is 3.99. The smallest absolute Gasteiger partial charge is 0.0218 e. The maximum Gasteiger partial charge on any atom is 0.0218 e. The lowest BCUT2D eigenvalue weighted by molar-refractivity contribution is 0.217. The predicted molar refractivity (Wildman–Crippen MR) is 71.8 cm³/mol. The molecule has 2 heteroatoms. The minimum absolute atomic E-state index is 0.691. The van der Waals surface area contributed by atoms with Gasteiger partial charge in [-0.15, -0.1) is 0 Å². The van der Waals surface area contributed by atoms with Crippen LogP contribution in [0.5, 0.6) is 0 Å². The van der Waals surface area contributed by atoms with E-state index in [1.54, 1.807) is 0 Å². The highest BCUT2D eigenvalue weighted by molar-refractivity contribution is 4.79. The van der Waals surface area contributed by atoms with Gasteiger partial charge in [-0.1, -0.05) is 27.7 Å². The van der Waals surface area contributed by atoms with E-state index in [-0.39, 0.29) is 0 Å². The van der Waals surface area contributed by atoms with Gasteiger partial charge in [0, 0.05) is 18.6 Å². The molecule has 0 aliphatic carbocycles. The Morgan fingerprint density at radius 3 is 2.12 bits per heavy atom. The minimum atomic E-state index is 0.691. The van der Waals surface area contributed by atoms with Crippen molar-refractivity contribution in [2.45, 2.75) is 65.5 Å². The fraction of sp³-hybridized carbons (Fsp3) is 1.00. The van der Waals surface area contributed by atoms with Crippen molar-refractivity contribution < 1.29 is 0 Å². The zero-order chi connectivity index (χ0) is 12.0. The number of rotatable bonds is 7. The van der Waals surface area contributed by atoms with Gasteiger partial charge in [0.2, 0.25) is 0 Å². The molecule has 0 bridgehead atoms. The first-order valence-electron chi connectivity index (χ1n) is 7.16. The molecular formula is C14H30N2. The Balaban J connectivity index is 2.32. The monoisotopic (exact) mass is 226 g/mol. The lowest BCUT2D eigenvalue weighted by Gasteiger charge is -2.30. The molecule has 2 unspecified atom stereocenters. The normalized spacial score (nSPS) is 21.6. The first-order chi connectivity index (χ1) is 7.69. The van der Waals surface area contributed by atoms with Gasteiger partial charge in [0.05, 0.1) is 0 Å². The number of hydrogen-bond donors (Lipinski definition) is 1. The van der Waals surface area contributed by atoms with Crippen LogP contribution in [0, 0.1) is 5.92 Å². The SMILES string of the molecule is CCC(NCC(CC)N1CCCC1)C(C)C. The van der Waals surface area contributed by atoms with E-state index in [0.717, 1.165) is 12.0 Å². The first kappa shape index (κ1) is 14.0. The standard InChI is InChI=1S/C14H30N2/c1-5-13(16-9-7-8-10-16)11-15-14(6-2)12(3)4/h12-15H,5-11H2,1-4H3. The number of nitrogens with zero attached hydrogens (tertiary/aromatic N) is 1. The highest BCUT2D eigenvalue weighted by atomic mass is 15.2. The molecular weight excluding hydrogens is 196 g/mol. The molecule has 1 rings (SSSR count). The molecule has 0 amide bonds. The van der Waals surface area contributed by atoms with Gasteiger partial charge in [0.1, 0.15) is 0 Å². The van der Waals surface area contributed by atoms with Crippen LogP contribution in [-0.4, -0.2) is 36.6 Å². The third-order valence-electron chi connectivity index (χ3n) is 3.99. The van der Waals surface area contributed by atoms with Crippen LogP contribution < -0.4 is 5.32 Å². The quantitative estimate of drug-likeness (QED) is 0.718. The van der Waals surface area contributed by atoms with E-state index in [1.165, 1.54) is 45.3 Å². The topological polar surface area (TPSA) is 15.3 Å². The van der Waals surface area contributed by atoms with Crippen LogP contribution in [0.1, 0.15) is 53.4 Å². The second kappa shape index (κ2) is 7.29. The number of likely N-dealkylation sites (tertiary alicyclic amines) is 1. The molecule has 1 N–H and O–H groups in total. The summed E-state index contributed by atoms with van der Waals surface area (Å²) in [5, 5.41) is 3.76. The maximum atomic E-state index is 3.76. The second-order valence-electron chi connectivity index (χ2n) is 5.47. The van der Waals surface area contributed by atoms with Gasteiger partial charge in [0.25, 0.3) is 0 Å². The highest BCUT2D eigenvalue weighted by Gasteiger charge is 2.21. The number of nitrogens with one attached hydrogen (secondary N) is 1. The van der Waals surface area contributed by atoms with Gasteiger partial charge in [-0.05, 0) is 44.7 Å². The van der Waals surface area contributed by atoms with Crippen molar-refractivity contribution in [3.8, 4) is 0 Å². The summed E-state index contributed by atoms with van der Waals surface area (Å²) in [4.78, 5) is 2.67. The molecule has 2 nitrogen and oxygen atoms in total. The molecule has 0 aromatic rings. The molecule has 0 radical (unpaired) electrons. The van der Waals surface area contributed by atoms with Gasteiger partial charge in [0.15, 0.2) is 0 Å². The Labute approximate surface area is 102 Å². The molecule has 96 valence electrons. The zero-order valence-corrected chi connectivity index (χ0v) is 11.6. The molecule has 1 saturated heterocycles. The van der Waals surface area contributed by atoms with E-state index in [0.29, 0.717) is 6.04 Å². The molecule has 0 aromatic heterocycles. The van der Waals surface area contributed by atoms with Crippen LogP contribution in [0.15, 0.2) is 0 Å². The van der Waals surface area contributed by atoms with Crippen molar-refractivity contribution >= 4 is 0 Å². The van der Waals surface area contributed by atoms with E-state index in [9.17, 15) is 0 Å². The zero-order valence-electron chi connectivity index (χ0n) is 11.6. The van der Waals surface area contributed by atoms with E-state index >= 15 is 0 Å². The molecule has 1 aliphatic rings. The van der Waals surface area contributed by atoms with Crippen LogP contribution in [-0.2, 0) is 0 Å². The molecule has 1 aliphatic heterocycles. The molecule has 1 fully saturated rings. The predicted octanol–water partition coefficient (Wildman–Crippen LogP) is 2.89. The summed E-state index contributed by atoms with van der Waals surface area (Å²) in [6, 6.07) is 1.45. The Morgan fingerprint density at radius 1 is 1.06 bits per heavy atom. The maximum absolute atomic E-state index is 3.76. The molecule has 0 spiro atoms. The molecule has 1 heterocycles. The van der Waals surface area contributed by atoms with Crippen molar-refractivity contribution in [2.24, 2.45) is 5.92 Å². The fourth-order valence-electron chi connectivity index (χ4n) is 2.78. The summed E-state index contributed by atoms with van der Waals surface area (Å²) in [6.07, 6.45) is 5.32. The summed E-state index contributed by atoms with van der Waals surface area (Å²) in [7, 11) is 0. The average Bonchev–Trinajstić information content (AvgIpc) is 2.77. The largest absolute Gasteiger partial charge is 0.312 e. The van der Waals surface area contributed by atoms with Crippen molar-refractivity contribution in [3.05, 3.63) is 0 Å². The highest BCUT2D eigenvalue weighted by Crippen LogP contribution is 2.14. The Bertz CT molecular complexity index is 174. The van der Waals surface area contributed by atoms with Gasteiger partial charge in [-0.3, -0.25) is 4.90 Å². The van der Waals surface area contributed by atoms with E-state index < -0.39 is 0 Å². The van der Waals surface area contributed by atoms with Crippen molar-refractivity contribution in [1.82, 2.24) is 10.2 Å². The van der Waals surface area contributed by atoms with Crippen molar-refractivity contribution in [3.63, 3.8) is 0 Å². The Kier molecular flexibility index (Phi) is 6.37. The average molecular weight is 226 g/mol.